The van der Waals surface area contributed by atoms with Crippen LogP contribution in [0.2, 0.25) is 0 Å². The molecular formula is C16H16F3NO4. The first-order valence-corrected chi connectivity index (χ1v) is 7.08. The van der Waals surface area contributed by atoms with E-state index in [0.717, 1.165) is 12.1 Å². The van der Waals surface area contributed by atoms with Crippen molar-refractivity contribution in [3.8, 4) is 5.75 Å². The fourth-order valence-corrected chi connectivity index (χ4v) is 1.92. The van der Waals surface area contributed by atoms with Crippen molar-refractivity contribution in [1.82, 2.24) is 5.32 Å². The molecule has 0 saturated carbocycles. The standard InChI is InChI=1S/C16H16F3NO4/c1-10-14(6-7-23-10)15(22)20-8-12(21)9-24-13-4-2-11(3-5-13)16(17,18)19/h2-7,12,21H,8-9H2,1H3,(H,20,22). The molecule has 24 heavy (non-hydrogen) atoms. The number of hydrogen-bond acceptors (Lipinski definition) is 4. The highest BCUT2D eigenvalue weighted by atomic mass is 19.4. The lowest BCUT2D eigenvalue weighted by Crippen LogP contribution is -2.35. The number of halogens is 3. The highest BCUT2D eigenvalue weighted by molar-refractivity contribution is 5.95. The van der Waals surface area contributed by atoms with Crippen LogP contribution in [-0.4, -0.2) is 30.3 Å². The second-order valence-electron chi connectivity index (χ2n) is 5.09. The summed E-state index contributed by atoms with van der Waals surface area (Å²) in [5.41, 5.74) is -0.413. The van der Waals surface area contributed by atoms with E-state index in [4.69, 9.17) is 9.15 Å². The Bertz CT molecular complexity index is 679. The van der Waals surface area contributed by atoms with Crippen molar-refractivity contribution in [2.24, 2.45) is 0 Å². The Kier molecular flexibility index (Phi) is 5.50. The van der Waals surface area contributed by atoms with Gasteiger partial charge in [-0.1, -0.05) is 0 Å². The first-order valence-electron chi connectivity index (χ1n) is 7.08. The second-order valence-corrected chi connectivity index (χ2v) is 5.09. The van der Waals surface area contributed by atoms with Gasteiger partial charge in [0, 0.05) is 6.54 Å². The van der Waals surface area contributed by atoms with Crippen molar-refractivity contribution in [1.29, 1.82) is 0 Å². The number of ether oxygens (including phenoxy) is 1. The van der Waals surface area contributed by atoms with Crippen molar-refractivity contribution < 1.29 is 32.2 Å². The summed E-state index contributed by atoms with van der Waals surface area (Å²) in [7, 11) is 0. The average Bonchev–Trinajstić information content (AvgIpc) is 2.96. The molecule has 8 heteroatoms. The van der Waals surface area contributed by atoms with Crippen molar-refractivity contribution in [2.45, 2.75) is 19.2 Å². The molecule has 2 aromatic rings. The fourth-order valence-electron chi connectivity index (χ4n) is 1.92. The molecule has 0 fully saturated rings. The van der Waals surface area contributed by atoms with Crippen molar-refractivity contribution in [3.63, 3.8) is 0 Å². The van der Waals surface area contributed by atoms with Gasteiger partial charge < -0.3 is 19.6 Å². The number of amides is 1. The summed E-state index contributed by atoms with van der Waals surface area (Å²) in [6, 6.07) is 5.64. The molecule has 1 heterocycles. The number of nitrogens with one attached hydrogen (secondary N) is 1. The summed E-state index contributed by atoms with van der Waals surface area (Å²) in [4.78, 5) is 11.8. The van der Waals surface area contributed by atoms with E-state index in [1.54, 1.807) is 6.92 Å². The molecule has 0 aliphatic heterocycles. The maximum atomic E-state index is 12.4. The lowest BCUT2D eigenvalue weighted by Gasteiger charge is -2.14. The molecule has 1 aromatic carbocycles. The van der Waals surface area contributed by atoms with Crippen LogP contribution in [0.15, 0.2) is 41.0 Å². The molecule has 0 aliphatic carbocycles. The van der Waals surface area contributed by atoms with Gasteiger partial charge >= 0.3 is 6.18 Å². The van der Waals surface area contributed by atoms with E-state index in [2.05, 4.69) is 5.32 Å². The number of aliphatic hydroxyl groups excluding tert-OH is 1. The minimum Gasteiger partial charge on any atom is -0.491 e. The van der Waals surface area contributed by atoms with Gasteiger partial charge in [0.15, 0.2) is 0 Å². The lowest BCUT2D eigenvalue weighted by molar-refractivity contribution is -0.137. The first kappa shape index (κ1) is 17.9. The number of aryl methyl sites for hydroxylation is 1. The zero-order valence-electron chi connectivity index (χ0n) is 12.8. The topological polar surface area (TPSA) is 71.7 Å². The normalized spacial score (nSPS) is 12.7. The van der Waals surface area contributed by atoms with E-state index in [1.807, 2.05) is 0 Å². The van der Waals surface area contributed by atoms with Crippen LogP contribution in [0.5, 0.6) is 5.75 Å². The van der Waals surface area contributed by atoms with Gasteiger partial charge in [0.25, 0.3) is 5.91 Å². The third-order valence-corrected chi connectivity index (χ3v) is 3.23. The number of rotatable bonds is 6. The Morgan fingerprint density at radius 3 is 2.50 bits per heavy atom. The highest BCUT2D eigenvalue weighted by Gasteiger charge is 2.30. The van der Waals surface area contributed by atoms with Crippen LogP contribution >= 0.6 is 0 Å². The van der Waals surface area contributed by atoms with Gasteiger partial charge in [0.05, 0.1) is 17.4 Å². The Morgan fingerprint density at radius 1 is 1.29 bits per heavy atom. The van der Waals surface area contributed by atoms with Gasteiger partial charge in [-0.3, -0.25) is 4.79 Å². The Hall–Kier alpha value is -2.48. The van der Waals surface area contributed by atoms with Gasteiger partial charge in [0.2, 0.25) is 0 Å². The maximum Gasteiger partial charge on any atom is 0.416 e. The summed E-state index contributed by atoms with van der Waals surface area (Å²) < 4.78 is 47.5. The fraction of sp³-hybridized carbons (Fsp3) is 0.312. The summed E-state index contributed by atoms with van der Waals surface area (Å²) in [5.74, 6) is 0.261. The van der Waals surface area contributed by atoms with E-state index in [1.165, 1.54) is 24.5 Å². The SMILES string of the molecule is Cc1occc1C(=O)NCC(O)COc1ccc(C(F)(F)F)cc1. The Morgan fingerprint density at radius 2 is 1.96 bits per heavy atom. The zero-order chi connectivity index (χ0) is 17.7. The summed E-state index contributed by atoms with van der Waals surface area (Å²) in [6.07, 6.45) is -4.04. The van der Waals surface area contributed by atoms with Gasteiger partial charge in [-0.05, 0) is 37.3 Å². The molecule has 1 atom stereocenters. The molecule has 0 spiro atoms. The predicted octanol–water partition coefficient (Wildman–Crippen LogP) is 2.78. The van der Waals surface area contributed by atoms with Gasteiger partial charge in [0.1, 0.15) is 24.2 Å². The molecule has 2 N–H and O–H groups in total. The van der Waals surface area contributed by atoms with Crippen molar-refractivity contribution in [2.75, 3.05) is 13.2 Å². The van der Waals surface area contributed by atoms with E-state index in [-0.39, 0.29) is 18.9 Å². The van der Waals surface area contributed by atoms with Crippen LogP contribution in [0, 0.1) is 6.92 Å². The summed E-state index contributed by atoms with van der Waals surface area (Å²) in [5, 5.41) is 12.3. The molecule has 1 amide bonds. The molecule has 130 valence electrons. The van der Waals surface area contributed by atoms with Crippen LogP contribution in [0.4, 0.5) is 13.2 Å². The molecule has 5 nitrogen and oxygen atoms in total. The zero-order valence-corrected chi connectivity index (χ0v) is 12.8. The van der Waals surface area contributed by atoms with Gasteiger partial charge in [-0.15, -0.1) is 0 Å². The number of furan rings is 1. The summed E-state index contributed by atoms with van der Waals surface area (Å²) >= 11 is 0. The molecule has 0 aliphatic rings. The molecule has 0 radical (unpaired) electrons. The van der Waals surface area contributed by atoms with Crippen LogP contribution < -0.4 is 10.1 Å². The van der Waals surface area contributed by atoms with E-state index >= 15 is 0 Å². The Balaban J connectivity index is 1.78. The molecule has 2 rings (SSSR count). The van der Waals surface area contributed by atoms with E-state index in [9.17, 15) is 23.1 Å². The third kappa shape index (κ3) is 4.76. The van der Waals surface area contributed by atoms with Crippen LogP contribution in [-0.2, 0) is 6.18 Å². The number of carbonyl (C=O) groups excluding carboxylic acids is 1. The monoisotopic (exact) mass is 343 g/mol. The van der Waals surface area contributed by atoms with Gasteiger partial charge in [-0.2, -0.15) is 13.2 Å². The predicted molar refractivity (Wildman–Crippen MR) is 78.7 cm³/mol. The highest BCUT2D eigenvalue weighted by Crippen LogP contribution is 2.30. The number of carbonyl (C=O) groups is 1. The van der Waals surface area contributed by atoms with E-state index in [0.29, 0.717) is 11.3 Å². The molecule has 0 bridgehead atoms. The van der Waals surface area contributed by atoms with Crippen molar-refractivity contribution in [3.05, 3.63) is 53.5 Å². The molecule has 0 saturated heterocycles. The number of aliphatic hydroxyl groups is 1. The smallest absolute Gasteiger partial charge is 0.416 e. The summed E-state index contributed by atoms with van der Waals surface area (Å²) in [6.45, 7) is 1.40. The van der Waals surface area contributed by atoms with Crippen LogP contribution in [0.25, 0.3) is 0 Å². The number of alkyl halides is 3. The minimum absolute atomic E-state index is 0.0654. The molecule has 1 unspecified atom stereocenters. The number of benzene rings is 1. The second kappa shape index (κ2) is 7.39. The maximum absolute atomic E-state index is 12.4. The Labute approximate surface area is 136 Å². The van der Waals surface area contributed by atoms with Crippen LogP contribution in [0.3, 0.4) is 0 Å². The third-order valence-electron chi connectivity index (χ3n) is 3.23. The minimum atomic E-state index is -4.41. The number of hydrogen-bond donors (Lipinski definition) is 2. The van der Waals surface area contributed by atoms with Crippen LogP contribution in [0.1, 0.15) is 21.7 Å². The molecule has 1 aromatic heterocycles. The average molecular weight is 343 g/mol. The van der Waals surface area contributed by atoms with Crippen molar-refractivity contribution >= 4 is 5.91 Å². The quantitative estimate of drug-likeness (QED) is 0.846. The first-order chi connectivity index (χ1) is 11.3. The lowest BCUT2D eigenvalue weighted by atomic mass is 10.2. The van der Waals surface area contributed by atoms with E-state index < -0.39 is 23.8 Å². The molecular weight excluding hydrogens is 327 g/mol. The largest absolute Gasteiger partial charge is 0.491 e. The van der Waals surface area contributed by atoms with Gasteiger partial charge in [-0.25, -0.2) is 0 Å².